The molecular weight excluding hydrogens is 376 g/mol. The molecule has 3 aromatic rings. The number of carbonyl (C=O) groups excluding carboxylic acids is 1. The van der Waals surface area contributed by atoms with Crippen molar-refractivity contribution in [3.8, 4) is 11.3 Å². The third-order valence-electron chi connectivity index (χ3n) is 4.86. The van der Waals surface area contributed by atoms with Crippen LogP contribution >= 0.6 is 11.6 Å². The van der Waals surface area contributed by atoms with Gasteiger partial charge in [-0.2, -0.15) is 0 Å². The second kappa shape index (κ2) is 7.81. The Bertz CT molecular complexity index is 1040. The van der Waals surface area contributed by atoms with Gasteiger partial charge in [0, 0.05) is 40.8 Å². The molecule has 1 atom stereocenters. The van der Waals surface area contributed by atoms with Crippen molar-refractivity contribution in [1.29, 1.82) is 0 Å². The number of amides is 1. The molecular formula is C21H21ClN4O2. The summed E-state index contributed by atoms with van der Waals surface area (Å²) in [5.41, 5.74) is 1.94. The lowest BCUT2D eigenvalue weighted by molar-refractivity contribution is -0.117. The van der Waals surface area contributed by atoms with Crippen LogP contribution in [0.5, 0.6) is 0 Å². The molecule has 6 nitrogen and oxygen atoms in total. The molecule has 7 heteroatoms. The number of carbonyl (C=O) groups is 1. The van der Waals surface area contributed by atoms with Crippen LogP contribution in [0.4, 0.5) is 5.82 Å². The number of aliphatic hydroxyl groups is 1. The van der Waals surface area contributed by atoms with Crippen molar-refractivity contribution >= 4 is 34.1 Å². The van der Waals surface area contributed by atoms with Crippen molar-refractivity contribution in [1.82, 2.24) is 15.0 Å². The second-order valence-electron chi connectivity index (χ2n) is 7.14. The molecule has 1 fully saturated rings. The fourth-order valence-electron chi connectivity index (χ4n) is 3.06. The summed E-state index contributed by atoms with van der Waals surface area (Å²) in [5.74, 6) is 0.694. The molecule has 1 amide bonds. The van der Waals surface area contributed by atoms with E-state index in [-0.39, 0.29) is 11.8 Å². The summed E-state index contributed by atoms with van der Waals surface area (Å²) < 4.78 is 0. The van der Waals surface area contributed by atoms with Crippen molar-refractivity contribution in [3.05, 3.63) is 47.5 Å². The summed E-state index contributed by atoms with van der Waals surface area (Å²) in [6, 6.07) is 5.40. The number of pyridine rings is 3. The number of anilines is 1. The van der Waals surface area contributed by atoms with Gasteiger partial charge in [0.1, 0.15) is 5.82 Å². The van der Waals surface area contributed by atoms with Gasteiger partial charge in [-0.15, -0.1) is 0 Å². The highest BCUT2D eigenvalue weighted by Gasteiger charge is 2.29. The Morgan fingerprint density at radius 2 is 1.93 bits per heavy atom. The SMILES string of the molecule is CCC[C@@H](O)c1cc(Cl)c(-c2cc3cnc(NC(=O)C4CC4)cc3cn2)cn1. The van der Waals surface area contributed by atoms with E-state index in [1.54, 1.807) is 24.7 Å². The zero-order chi connectivity index (χ0) is 19.7. The van der Waals surface area contributed by atoms with E-state index in [9.17, 15) is 9.90 Å². The maximum Gasteiger partial charge on any atom is 0.228 e. The molecule has 1 aliphatic carbocycles. The summed E-state index contributed by atoms with van der Waals surface area (Å²) >= 11 is 6.42. The molecule has 0 saturated heterocycles. The Morgan fingerprint density at radius 1 is 1.18 bits per heavy atom. The maximum absolute atomic E-state index is 11.9. The van der Waals surface area contributed by atoms with Crippen LogP contribution in [0.2, 0.25) is 5.02 Å². The van der Waals surface area contributed by atoms with E-state index in [1.165, 1.54) is 0 Å². The molecule has 1 saturated carbocycles. The lowest BCUT2D eigenvalue weighted by Crippen LogP contribution is -2.14. The average molecular weight is 397 g/mol. The van der Waals surface area contributed by atoms with Crippen molar-refractivity contribution in [3.63, 3.8) is 0 Å². The van der Waals surface area contributed by atoms with Gasteiger partial charge in [-0.05, 0) is 37.5 Å². The van der Waals surface area contributed by atoms with Gasteiger partial charge in [-0.3, -0.25) is 14.8 Å². The van der Waals surface area contributed by atoms with Gasteiger partial charge in [0.25, 0.3) is 0 Å². The zero-order valence-corrected chi connectivity index (χ0v) is 16.3. The molecule has 144 valence electrons. The smallest absolute Gasteiger partial charge is 0.228 e. The molecule has 0 aliphatic heterocycles. The minimum Gasteiger partial charge on any atom is -0.387 e. The Kier molecular flexibility index (Phi) is 5.24. The normalized spacial score (nSPS) is 14.8. The van der Waals surface area contributed by atoms with Gasteiger partial charge >= 0.3 is 0 Å². The summed E-state index contributed by atoms with van der Waals surface area (Å²) in [7, 11) is 0. The van der Waals surface area contributed by atoms with Gasteiger partial charge in [0.15, 0.2) is 0 Å². The van der Waals surface area contributed by atoms with Crippen LogP contribution in [0.25, 0.3) is 22.0 Å². The van der Waals surface area contributed by atoms with E-state index in [0.717, 1.165) is 30.0 Å². The van der Waals surface area contributed by atoms with Gasteiger partial charge in [0.05, 0.1) is 22.5 Å². The van der Waals surface area contributed by atoms with Gasteiger partial charge in [-0.25, -0.2) is 4.98 Å². The molecule has 0 spiro atoms. The van der Waals surface area contributed by atoms with E-state index in [4.69, 9.17) is 11.6 Å². The summed E-state index contributed by atoms with van der Waals surface area (Å²) in [6.07, 6.45) is 7.88. The lowest BCUT2D eigenvalue weighted by Gasteiger charge is -2.11. The summed E-state index contributed by atoms with van der Waals surface area (Å²) in [6.45, 7) is 2.01. The van der Waals surface area contributed by atoms with Crippen molar-refractivity contribution in [2.24, 2.45) is 5.92 Å². The van der Waals surface area contributed by atoms with Gasteiger partial charge in [0.2, 0.25) is 5.91 Å². The third-order valence-corrected chi connectivity index (χ3v) is 5.17. The standard InChI is InChI=1S/C21H21ClN4O2/c1-2-3-19(27)18-8-16(22)15(11-24-18)17-6-13-10-25-20(7-14(13)9-23-17)26-21(28)12-4-5-12/h6-12,19,27H,2-5H2,1H3,(H,25,26,28)/t19-/m1/s1. The van der Waals surface area contributed by atoms with Crippen LogP contribution in [0, 0.1) is 5.92 Å². The number of hydrogen-bond acceptors (Lipinski definition) is 5. The summed E-state index contributed by atoms with van der Waals surface area (Å²) in [5, 5.41) is 15.2. The number of aliphatic hydroxyl groups excluding tert-OH is 1. The highest BCUT2D eigenvalue weighted by atomic mass is 35.5. The van der Waals surface area contributed by atoms with Crippen LogP contribution in [0.15, 0.2) is 36.8 Å². The maximum atomic E-state index is 11.9. The van der Waals surface area contributed by atoms with Crippen LogP contribution in [0.1, 0.15) is 44.4 Å². The Morgan fingerprint density at radius 3 is 2.64 bits per heavy atom. The fourth-order valence-corrected chi connectivity index (χ4v) is 3.32. The highest BCUT2D eigenvalue weighted by Crippen LogP contribution is 2.32. The first kappa shape index (κ1) is 18.8. The first-order valence-corrected chi connectivity index (χ1v) is 9.83. The molecule has 0 bridgehead atoms. The highest BCUT2D eigenvalue weighted by molar-refractivity contribution is 6.33. The number of nitrogens with zero attached hydrogens (tertiary/aromatic N) is 3. The molecule has 0 unspecified atom stereocenters. The molecule has 3 heterocycles. The monoisotopic (exact) mass is 396 g/mol. The molecule has 28 heavy (non-hydrogen) atoms. The first-order valence-electron chi connectivity index (χ1n) is 9.45. The second-order valence-corrected chi connectivity index (χ2v) is 7.55. The number of fused-ring (bicyclic) bond motifs is 1. The van der Waals surface area contributed by atoms with E-state index in [2.05, 4.69) is 20.3 Å². The zero-order valence-electron chi connectivity index (χ0n) is 15.5. The third kappa shape index (κ3) is 3.98. The molecule has 2 N–H and O–H groups in total. The average Bonchev–Trinajstić information content (AvgIpc) is 3.53. The molecule has 3 aromatic heterocycles. The van der Waals surface area contributed by atoms with E-state index in [1.807, 2.05) is 19.1 Å². The lowest BCUT2D eigenvalue weighted by atomic mass is 10.1. The number of hydrogen-bond donors (Lipinski definition) is 2. The Labute approximate surface area is 168 Å². The summed E-state index contributed by atoms with van der Waals surface area (Å²) in [4.78, 5) is 25.1. The first-order chi connectivity index (χ1) is 13.5. The van der Waals surface area contributed by atoms with Crippen molar-refractivity contribution in [2.45, 2.75) is 38.7 Å². The van der Waals surface area contributed by atoms with E-state index >= 15 is 0 Å². The fraction of sp³-hybridized carbons (Fsp3) is 0.333. The largest absolute Gasteiger partial charge is 0.387 e. The number of halogens is 1. The topological polar surface area (TPSA) is 88.0 Å². The van der Waals surface area contributed by atoms with E-state index < -0.39 is 6.10 Å². The van der Waals surface area contributed by atoms with E-state index in [0.29, 0.717) is 34.2 Å². The quantitative estimate of drug-likeness (QED) is 0.639. The Balaban J connectivity index is 1.59. The predicted octanol–water partition coefficient (Wildman–Crippen LogP) is 4.53. The number of nitrogens with one attached hydrogen (secondary N) is 1. The Hall–Kier alpha value is -2.57. The van der Waals surface area contributed by atoms with Gasteiger partial charge in [-0.1, -0.05) is 24.9 Å². The molecule has 4 rings (SSSR count). The molecule has 0 aromatic carbocycles. The minimum absolute atomic E-state index is 0.0274. The van der Waals surface area contributed by atoms with Crippen LogP contribution < -0.4 is 5.32 Å². The predicted molar refractivity (Wildman–Crippen MR) is 109 cm³/mol. The minimum atomic E-state index is -0.616. The molecule has 0 radical (unpaired) electrons. The van der Waals surface area contributed by atoms with Crippen LogP contribution in [0.3, 0.4) is 0 Å². The van der Waals surface area contributed by atoms with Gasteiger partial charge < -0.3 is 10.4 Å². The van der Waals surface area contributed by atoms with Crippen molar-refractivity contribution in [2.75, 3.05) is 5.32 Å². The van der Waals surface area contributed by atoms with Crippen LogP contribution in [-0.2, 0) is 4.79 Å². The van der Waals surface area contributed by atoms with Crippen LogP contribution in [-0.4, -0.2) is 26.0 Å². The number of aromatic nitrogens is 3. The molecule has 1 aliphatic rings. The number of rotatable bonds is 6. The van der Waals surface area contributed by atoms with Crippen molar-refractivity contribution < 1.29 is 9.90 Å².